The molecule has 120 valence electrons. The van der Waals surface area contributed by atoms with E-state index in [1.807, 2.05) is 37.8 Å². The minimum Gasteiger partial charge on any atom is -0.443 e. The number of nitrogens with one attached hydrogen (secondary N) is 1. The highest BCUT2D eigenvalue weighted by Gasteiger charge is 2.38. The molecule has 1 unspecified atom stereocenters. The molecule has 1 aromatic rings. The number of para-hydroxylation sites is 1. The van der Waals surface area contributed by atoms with Crippen molar-refractivity contribution in [1.82, 2.24) is 5.32 Å². The summed E-state index contributed by atoms with van der Waals surface area (Å²) in [5, 5.41) is 3.42. The fourth-order valence-corrected chi connectivity index (χ4v) is 3.58. The third kappa shape index (κ3) is 3.12. The molecule has 2 aliphatic heterocycles. The highest BCUT2D eigenvalue weighted by atomic mass is 16.6. The average molecular weight is 302 g/mol. The quantitative estimate of drug-likeness (QED) is 0.863. The molecule has 0 aromatic heterocycles. The van der Waals surface area contributed by atoms with Crippen molar-refractivity contribution in [3.63, 3.8) is 0 Å². The summed E-state index contributed by atoms with van der Waals surface area (Å²) in [6.45, 7) is 8.65. The second-order valence-electron chi connectivity index (χ2n) is 7.34. The maximum absolute atomic E-state index is 12.5. The van der Waals surface area contributed by atoms with Crippen LogP contribution in [0.1, 0.15) is 45.1 Å². The lowest BCUT2D eigenvalue weighted by Crippen LogP contribution is -2.38. The molecule has 1 saturated heterocycles. The van der Waals surface area contributed by atoms with E-state index in [2.05, 4.69) is 17.4 Å². The van der Waals surface area contributed by atoms with Gasteiger partial charge in [-0.25, -0.2) is 4.79 Å². The number of nitrogens with zero attached hydrogens (tertiary/aromatic N) is 1. The van der Waals surface area contributed by atoms with Gasteiger partial charge >= 0.3 is 6.09 Å². The molecule has 3 rings (SSSR count). The Morgan fingerprint density at radius 1 is 1.23 bits per heavy atom. The predicted octanol–water partition coefficient (Wildman–Crippen LogP) is 3.52. The molecular weight excluding hydrogens is 276 g/mol. The van der Waals surface area contributed by atoms with Crippen molar-refractivity contribution in [3.8, 4) is 0 Å². The number of fused-ring (bicyclic) bond motifs is 1. The number of hydrogen-bond acceptors (Lipinski definition) is 3. The zero-order valence-electron chi connectivity index (χ0n) is 13.8. The van der Waals surface area contributed by atoms with Crippen molar-refractivity contribution < 1.29 is 9.53 Å². The van der Waals surface area contributed by atoms with Gasteiger partial charge in [0.25, 0.3) is 0 Å². The van der Waals surface area contributed by atoms with E-state index < -0.39 is 5.60 Å². The number of amides is 1. The maximum Gasteiger partial charge on any atom is 0.414 e. The fourth-order valence-electron chi connectivity index (χ4n) is 3.58. The van der Waals surface area contributed by atoms with Gasteiger partial charge < -0.3 is 10.1 Å². The molecule has 1 fully saturated rings. The standard InChI is InChI=1S/C18H26N2O2/c1-18(2,3)22-17(21)20-12-15(13-8-10-19-11-9-13)14-6-4-5-7-16(14)20/h4-7,13,15,19H,8-12H2,1-3H3. The Balaban J connectivity index is 1.83. The van der Waals surface area contributed by atoms with Gasteiger partial charge in [0.05, 0.1) is 5.69 Å². The van der Waals surface area contributed by atoms with Crippen molar-refractivity contribution in [2.45, 2.75) is 45.1 Å². The van der Waals surface area contributed by atoms with Crippen LogP contribution in [-0.2, 0) is 4.74 Å². The third-order valence-electron chi connectivity index (χ3n) is 4.57. The van der Waals surface area contributed by atoms with E-state index in [0.29, 0.717) is 11.8 Å². The number of piperidine rings is 1. The van der Waals surface area contributed by atoms with Gasteiger partial charge in [0, 0.05) is 12.5 Å². The number of carbonyl (C=O) groups excluding carboxylic acids is 1. The molecule has 2 aliphatic rings. The highest BCUT2D eigenvalue weighted by molar-refractivity contribution is 5.91. The molecule has 4 heteroatoms. The summed E-state index contributed by atoms with van der Waals surface area (Å²) in [4.78, 5) is 14.4. The predicted molar refractivity (Wildman–Crippen MR) is 88.4 cm³/mol. The summed E-state index contributed by atoms with van der Waals surface area (Å²) in [5.41, 5.74) is 1.87. The van der Waals surface area contributed by atoms with E-state index in [1.54, 1.807) is 0 Å². The van der Waals surface area contributed by atoms with E-state index in [-0.39, 0.29) is 6.09 Å². The number of ether oxygens (including phenoxy) is 1. The molecule has 1 atom stereocenters. The largest absolute Gasteiger partial charge is 0.443 e. The zero-order chi connectivity index (χ0) is 15.7. The number of hydrogen-bond donors (Lipinski definition) is 1. The summed E-state index contributed by atoms with van der Waals surface area (Å²) in [6.07, 6.45) is 2.14. The minimum atomic E-state index is -0.459. The second-order valence-corrected chi connectivity index (χ2v) is 7.34. The van der Waals surface area contributed by atoms with Gasteiger partial charge in [-0.15, -0.1) is 0 Å². The molecule has 1 N–H and O–H groups in total. The van der Waals surface area contributed by atoms with Gasteiger partial charge in [0.2, 0.25) is 0 Å². The molecule has 1 amide bonds. The molecule has 0 spiro atoms. The molecule has 0 bridgehead atoms. The van der Waals surface area contributed by atoms with Crippen LogP contribution in [0.15, 0.2) is 24.3 Å². The molecule has 2 heterocycles. The first-order valence-electron chi connectivity index (χ1n) is 8.26. The Morgan fingerprint density at radius 2 is 1.91 bits per heavy atom. The van der Waals surface area contributed by atoms with Gasteiger partial charge in [-0.1, -0.05) is 18.2 Å². The summed E-state index contributed by atoms with van der Waals surface area (Å²) >= 11 is 0. The van der Waals surface area contributed by atoms with Gasteiger partial charge in [0.1, 0.15) is 5.60 Å². The van der Waals surface area contributed by atoms with Gasteiger partial charge in [-0.2, -0.15) is 0 Å². The lowest BCUT2D eigenvalue weighted by Gasteiger charge is -2.29. The Labute approximate surface area is 132 Å². The number of benzene rings is 1. The summed E-state index contributed by atoms with van der Waals surface area (Å²) in [7, 11) is 0. The van der Waals surface area contributed by atoms with E-state index in [0.717, 1.165) is 25.3 Å². The van der Waals surface area contributed by atoms with Crippen LogP contribution in [-0.4, -0.2) is 31.3 Å². The van der Waals surface area contributed by atoms with Crippen molar-refractivity contribution in [2.75, 3.05) is 24.5 Å². The van der Waals surface area contributed by atoms with Crippen LogP contribution in [0.3, 0.4) is 0 Å². The smallest absolute Gasteiger partial charge is 0.414 e. The molecule has 4 nitrogen and oxygen atoms in total. The summed E-state index contributed by atoms with van der Waals surface area (Å²) < 4.78 is 5.59. The Hall–Kier alpha value is -1.55. The van der Waals surface area contributed by atoms with Crippen molar-refractivity contribution in [1.29, 1.82) is 0 Å². The molecule has 0 aliphatic carbocycles. The second kappa shape index (κ2) is 5.92. The molecular formula is C18H26N2O2. The zero-order valence-corrected chi connectivity index (χ0v) is 13.8. The SMILES string of the molecule is CC(C)(C)OC(=O)N1CC(C2CCNCC2)c2ccccc21. The lowest BCUT2D eigenvalue weighted by atomic mass is 9.82. The molecule has 1 aromatic carbocycles. The maximum atomic E-state index is 12.5. The van der Waals surface area contributed by atoms with Crippen LogP contribution < -0.4 is 10.2 Å². The fraction of sp³-hybridized carbons (Fsp3) is 0.611. The van der Waals surface area contributed by atoms with E-state index in [1.165, 1.54) is 18.4 Å². The number of carbonyl (C=O) groups is 1. The topological polar surface area (TPSA) is 41.6 Å². The minimum absolute atomic E-state index is 0.226. The normalized spacial score (nSPS) is 22.5. The molecule has 22 heavy (non-hydrogen) atoms. The van der Waals surface area contributed by atoms with Crippen LogP contribution >= 0.6 is 0 Å². The summed E-state index contributed by atoms with van der Waals surface area (Å²) in [5.74, 6) is 1.08. The van der Waals surface area contributed by atoms with E-state index in [9.17, 15) is 4.79 Å². The molecule has 0 saturated carbocycles. The highest BCUT2D eigenvalue weighted by Crippen LogP contribution is 2.43. The van der Waals surface area contributed by atoms with Gasteiger partial charge in [0.15, 0.2) is 0 Å². The van der Waals surface area contributed by atoms with Crippen LogP contribution in [0.25, 0.3) is 0 Å². The Bertz CT molecular complexity index is 544. The van der Waals surface area contributed by atoms with Crippen molar-refractivity contribution >= 4 is 11.8 Å². The Morgan fingerprint density at radius 3 is 2.59 bits per heavy atom. The van der Waals surface area contributed by atoms with Crippen molar-refractivity contribution in [2.24, 2.45) is 5.92 Å². The third-order valence-corrected chi connectivity index (χ3v) is 4.57. The van der Waals surface area contributed by atoms with Crippen LogP contribution in [0.4, 0.5) is 10.5 Å². The first-order chi connectivity index (χ1) is 10.5. The monoisotopic (exact) mass is 302 g/mol. The van der Waals surface area contributed by atoms with Gasteiger partial charge in [-0.05, 0) is 64.3 Å². The van der Waals surface area contributed by atoms with E-state index >= 15 is 0 Å². The van der Waals surface area contributed by atoms with Gasteiger partial charge in [-0.3, -0.25) is 4.90 Å². The lowest BCUT2D eigenvalue weighted by molar-refractivity contribution is 0.0580. The average Bonchev–Trinajstić information content (AvgIpc) is 2.86. The van der Waals surface area contributed by atoms with Crippen LogP contribution in [0.5, 0.6) is 0 Å². The van der Waals surface area contributed by atoms with E-state index in [4.69, 9.17) is 4.74 Å². The number of anilines is 1. The Kier molecular flexibility index (Phi) is 4.13. The first kappa shape index (κ1) is 15.3. The van der Waals surface area contributed by atoms with Crippen LogP contribution in [0.2, 0.25) is 0 Å². The molecule has 0 radical (unpaired) electrons. The summed E-state index contributed by atoms with van der Waals surface area (Å²) in [6, 6.07) is 8.29. The number of rotatable bonds is 1. The van der Waals surface area contributed by atoms with Crippen LogP contribution in [0, 0.1) is 5.92 Å². The first-order valence-corrected chi connectivity index (χ1v) is 8.26. The van der Waals surface area contributed by atoms with Crippen molar-refractivity contribution in [3.05, 3.63) is 29.8 Å².